The first-order valence-corrected chi connectivity index (χ1v) is 5.57. The van der Waals surface area contributed by atoms with Crippen molar-refractivity contribution in [1.29, 1.82) is 0 Å². The number of rotatable bonds is 8. The van der Waals surface area contributed by atoms with E-state index in [9.17, 15) is 0 Å². The van der Waals surface area contributed by atoms with Crippen LogP contribution in [0.1, 0.15) is 27.2 Å². The van der Waals surface area contributed by atoms with Crippen LogP contribution in [0, 0.1) is 18.3 Å². The predicted molar refractivity (Wildman–Crippen MR) is 63.3 cm³/mol. The van der Waals surface area contributed by atoms with E-state index in [1.54, 1.807) is 0 Å². The number of hydrogen-bond acceptors (Lipinski definition) is 2. The lowest BCUT2D eigenvalue weighted by Crippen LogP contribution is -2.28. The van der Waals surface area contributed by atoms with Crippen LogP contribution in [-0.2, 0) is 0 Å². The number of nitrogens with one attached hydrogen (secondary N) is 1. The van der Waals surface area contributed by atoms with Crippen LogP contribution in [0.3, 0.4) is 0 Å². The molecule has 0 saturated heterocycles. The summed E-state index contributed by atoms with van der Waals surface area (Å²) in [6, 6.07) is 0. The molecule has 0 aliphatic heterocycles. The standard InChI is InChI=1S/C12H24N2/c1-5-9-14(6-2)10-7-8-13-11-12(3)4/h1,12-13H,6-11H2,2-4H3. The van der Waals surface area contributed by atoms with E-state index in [2.05, 4.69) is 36.9 Å². The molecule has 0 heterocycles. The molecule has 0 atom stereocenters. The summed E-state index contributed by atoms with van der Waals surface area (Å²) in [6.07, 6.45) is 6.45. The Labute approximate surface area is 89.1 Å². The molecule has 0 aromatic heterocycles. The van der Waals surface area contributed by atoms with Crippen molar-refractivity contribution in [3.63, 3.8) is 0 Å². The Morgan fingerprint density at radius 2 is 2.14 bits per heavy atom. The van der Waals surface area contributed by atoms with Crippen molar-refractivity contribution in [2.45, 2.75) is 27.2 Å². The molecule has 1 N–H and O–H groups in total. The van der Waals surface area contributed by atoms with Crippen molar-refractivity contribution in [2.75, 3.05) is 32.7 Å². The van der Waals surface area contributed by atoms with Gasteiger partial charge in [0.05, 0.1) is 6.54 Å². The molecule has 0 bridgehead atoms. The maximum atomic E-state index is 5.27. The summed E-state index contributed by atoms with van der Waals surface area (Å²) in [5.74, 6) is 3.42. The average molecular weight is 196 g/mol. The van der Waals surface area contributed by atoms with Gasteiger partial charge in [0.2, 0.25) is 0 Å². The van der Waals surface area contributed by atoms with Crippen molar-refractivity contribution in [3.05, 3.63) is 0 Å². The Morgan fingerprint density at radius 1 is 1.43 bits per heavy atom. The number of nitrogens with zero attached hydrogens (tertiary/aromatic N) is 1. The third-order valence-corrected chi connectivity index (χ3v) is 2.14. The zero-order chi connectivity index (χ0) is 10.8. The third kappa shape index (κ3) is 8.10. The summed E-state index contributed by atoms with van der Waals surface area (Å²) in [4.78, 5) is 2.29. The maximum absolute atomic E-state index is 5.27. The Kier molecular flexibility index (Phi) is 8.72. The summed E-state index contributed by atoms with van der Waals surface area (Å²) in [7, 11) is 0. The van der Waals surface area contributed by atoms with E-state index in [4.69, 9.17) is 6.42 Å². The Balaban J connectivity index is 3.29. The van der Waals surface area contributed by atoms with E-state index >= 15 is 0 Å². The molecule has 82 valence electrons. The summed E-state index contributed by atoms with van der Waals surface area (Å²) in [5.41, 5.74) is 0. The van der Waals surface area contributed by atoms with Crippen molar-refractivity contribution >= 4 is 0 Å². The number of terminal acetylenes is 1. The smallest absolute Gasteiger partial charge is 0.0598 e. The lowest BCUT2D eigenvalue weighted by Gasteiger charge is -2.17. The van der Waals surface area contributed by atoms with Gasteiger partial charge in [0, 0.05) is 6.54 Å². The zero-order valence-electron chi connectivity index (χ0n) is 9.84. The minimum Gasteiger partial charge on any atom is -0.316 e. The van der Waals surface area contributed by atoms with Gasteiger partial charge in [-0.05, 0) is 32.0 Å². The molecule has 0 unspecified atom stereocenters. The molecule has 0 radical (unpaired) electrons. The van der Waals surface area contributed by atoms with Crippen LogP contribution in [0.2, 0.25) is 0 Å². The second-order valence-corrected chi connectivity index (χ2v) is 4.02. The van der Waals surface area contributed by atoms with Crippen LogP contribution in [0.15, 0.2) is 0 Å². The lowest BCUT2D eigenvalue weighted by atomic mass is 10.2. The van der Waals surface area contributed by atoms with Crippen LogP contribution in [0.4, 0.5) is 0 Å². The highest BCUT2D eigenvalue weighted by molar-refractivity contribution is 4.87. The normalized spacial score (nSPS) is 10.9. The highest BCUT2D eigenvalue weighted by atomic mass is 15.1. The molecule has 0 aliphatic carbocycles. The van der Waals surface area contributed by atoms with Crippen LogP contribution in [-0.4, -0.2) is 37.6 Å². The summed E-state index contributed by atoms with van der Waals surface area (Å²) < 4.78 is 0. The summed E-state index contributed by atoms with van der Waals surface area (Å²) >= 11 is 0. The molecular weight excluding hydrogens is 172 g/mol. The molecule has 2 nitrogen and oxygen atoms in total. The maximum Gasteiger partial charge on any atom is 0.0598 e. The Bertz CT molecular complexity index is 158. The van der Waals surface area contributed by atoms with E-state index in [1.165, 1.54) is 6.42 Å². The van der Waals surface area contributed by atoms with Gasteiger partial charge in [-0.15, -0.1) is 6.42 Å². The quantitative estimate of drug-likeness (QED) is 0.468. The fourth-order valence-corrected chi connectivity index (χ4v) is 1.30. The SMILES string of the molecule is C#CCN(CC)CCCNCC(C)C. The molecule has 0 spiro atoms. The van der Waals surface area contributed by atoms with Gasteiger partial charge in [-0.3, -0.25) is 4.90 Å². The molecule has 0 fully saturated rings. The molecule has 0 saturated carbocycles. The van der Waals surface area contributed by atoms with Gasteiger partial charge in [-0.25, -0.2) is 0 Å². The van der Waals surface area contributed by atoms with Gasteiger partial charge in [0.15, 0.2) is 0 Å². The van der Waals surface area contributed by atoms with Crippen LogP contribution >= 0.6 is 0 Å². The molecule has 14 heavy (non-hydrogen) atoms. The molecule has 0 rings (SSSR count). The van der Waals surface area contributed by atoms with Gasteiger partial charge in [0.1, 0.15) is 0 Å². The molecule has 0 aromatic carbocycles. The second kappa shape index (κ2) is 9.05. The van der Waals surface area contributed by atoms with E-state index in [1.807, 2.05) is 0 Å². The summed E-state index contributed by atoms with van der Waals surface area (Å²) in [6.45, 7) is 11.7. The van der Waals surface area contributed by atoms with Gasteiger partial charge in [-0.2, -0.15) is 0 Å². The van der Waals surface area contributed by atoms with Crippen molar-refractivity contribution < 1.29 is 0 Å². The van der Waals surface area contributed by atoms with Gasteiger partial charge in [0.25, 0.3) is 0 Å². The molecule has 0 aromatic rings. The van der Waals surface area contributed by atoms with Crippen LogP contribution < -0.4 is 5.32 Å². The fourth-order valence-electron chi connectivity index (χ4n) is 1.30. The van der Waals surface area contributed by atoms with Crippen molar-refractivity contribution in [3.8, 4) is 12.3 Å². The van der Waals surface area contributed by atoms with Gasteiger partial charge < -0.3 is 5.32 Å². The first kappa shape index (κ1) is 13.5. The van der Waals surface area contributed by atoms with Gasteiger partial charge >= 0.3 is 0 Å². The first-order chi connectivity index (χ1) is 6.70. The topological polar surface area (TPSA) is 15.3 Å². The van der Waals surface area contributed by atoms with Crippen LogP contribution in [0.5, 0.6) is 0 Å². The van der Waals surface area contributed by atoms with Crippen LogP contribution in [0.25, 0.3) is 0 Å². The van der Waals surface area contributed by atoms with E-state index < -0.39 is 0 Å². The molecule has 2 heteroatoms. The van der Waals surface area contributed by atoms with E-state index in [-0.39, 0.29) is 0 Å². The Hall–Kier alpha value is -0.520. The third-order valence-electron chi connectivity index (χ3n) is 2.14. The minimum atomic E-state index is 0.739. The second-order valence-electron chi connectivity index (χ2n) is 4.02. The van der Waals surface area contributed by atoms with E-state index in [0.29, 0.717) is 0 Å². The lowest BCUT2D eigenvalue weighted by molar-refractivity contribution is 0.316. The zero-order valence-corrected chi connectivity index (χ0v) is 9.84. The molecule has 0 amide bonds. The Morgan fingerprint density at radius 3 is 2.64 bits per heavy atom. The summed E-state index contributed by atoms with van der Waals surface area (Å²) in [5, 5.41) is 3.43. The predicted octanol–water partition coefficient (Wildman–Crippen LogP) is 1.58. The van der Waals surface area contributed by atoms with Gasteiger partial charge in [-0.1, -0.05) is 26.7 Å². The highest BCUT2D eigenvalue weighted by Crippen LogP contribution is 1.91. The molecule has 0 aliphatic rings. The molecular formula is C12H24N2. The largest absolute Gasteiger partial charge is 0.316 e. The minimum absolute atomic E-state index is 0.739. The highest BCUT2D eigenvalue weighted by Gasteiger charge is 1.99. The van der Waals surface area contributed by atoms with E-state index in [0.717, 1.165) is 38.6 Å². The fraction of sp³-hybridized carbons (Fsp3) is 0.833. The first-order valence-electron chi connectivity index (χ1n) is 5.57. The average Bonchev–Trinajstić information content (AvgIpc) is 2.15. The van der Waals surface area contributed by atoms with Crippen molar-refractivity contribution in [1.82, 2.24) is 10.2 Å². The number of hydrogen-bond donors (Lipinski definition) is 1. The monoisotopic (exact) mass is 196 g/mol. The van der Waals surface area contributed by atoms with Crippen molar-refractivity contribution in [2.24, 2.45) is 5.92 Å².